The van der Waals surface area contributed by atoms with Crippen LogP contribution in [-0.2, 0) is 17.8 Å². The first-order valence-electron chi connectivity index (χ1n) is 7.32. The van der Waals surface area contributed by atoms with Crippen LogP contribution in [0, 0.1) is 6.92 Å². The molecule has 2 aromatic rings. The van der Waals surface area contributed by atoms with Gasteiger partial charge in [0.15, 0.2) is 0 Å². The Morgan fingerprint density at radius 1 is 1.14 bits per heavy atom. The molecule has 0 heterocycles. The largest absolute Gasteiger partial charge is 0.445 e. The van der Waals surface area contributed by atoms with Crippen molar-refractivity contribution in [3.8, 4) is 0 Å². The monoisotopic (exact) mass is 295 g/mol. The highest BCUT2D eigenvalue weighted by Crippen LogP contribution is 2.06. The van der Waals surface area contributed by atoms with Crippen LogP contribution in [0.4, 0.5) is 4.79 Å². The number of benzene rings is 2. The molecule has 0 bridgehead atoms. The van der Waals surface area contributed by atoms with E-state index in [1.807, 2.05) is 61.5 Å². The topological polar surface area (TPSA) is 38.3 Å². The summed E-state index contributed by atoms with van der Waals surface area (Å²) in [5.74, 6) is 0. The van der Waals surface area contributed by atoms with Gasteiger partial charge in [-0.2, -0.15) is 0 Å². The molecule has 0 radical (unpaired) electrons. The maximum atomic E-state index is 11.9. The van der Waals surface area contributed by atoms with E-state index >= 15 is 0 Å². The van der Waals surface area contributed by atoms with Gasteiger partial charge < -0.3 is 10.1 Å². The Kier molecular flexibility index (Phi) is 5.78. The summed E-state index contributed by atoms with van der Waals surface area (Å²) < 4.78 is 5.24. The van der Waals surface area contributed by atoms with Crippen LogP contribution in [0.5, 0.6) is 0 Å². The van der Waals surface area contributed by atoms with Crippen LogP contribution in [0.2, 0.25) is 0 Å². The van der Waals surface area contributed by atoms with Crippen LogP contribution >= 0.6 is 0 Å². The molecule has 1 atom stereocenters. The molecule has 1 amide bonds. The van der Waals surface area contributed by atoms with Gasteiger partial charge >= 0.3 is 6.09 Å². The summed E-state index contributed by atoms with van der Waals surface area (Å²) >= 11 is 0. The third-order valence-electron chi connectivity index (χ3n) is 3.38. The lowest BCUT2D eigenvalue weighted by Gasteiger charge is -2.15. The van der Waals surface area contributed by atoms with Crippen LogP contribution in [0.15, 0.2) is 67.3 Å². The molecular formula is C19H21NO2. The fourth-order valence-electron chi connectivity index (χ4n) is 2.09. The fourth-order valence-corrected chi connectivity index (χ4v) is 2.09. The van der Waals surface area contributed by atoms with Crippen molar-refractivity contribution in [2.45, 2.75) is 26.0 Å². The van der Waals surface area contributed by atoms with Crippen molar-refractivity contribution in [1.29, 1.82) is 0 Å². The summed E-state index contributed by atoms with van der Waals surface area (Å²) in [4.78, 5) is 11.9. The lowest BCUT2D eigenvalue weighted by Crippen LogP contribution is -2.35. The van der Waals surface area contributed by atoms with E-state index in [-0.39, 0.29) is 12.6 Å². The quantitative estimate of drug-likeness (QED) is 0.817. The molecular weight excluding hydrogens is 274 g/mol. The average molecular weight is 295 g/mol. The normalized spacial score (nSPS) is 11.5. The molecule has 0 spiro atoms. The zero-order valence-electron chi connectivity index (χ0n) is 12.8. The van der Waals surface area contributed by atoms with Gasteiger partial charge in [-0.25, -0.2) is 4.79 Å². The zero-order valence-corrected chi connectivity index (χ0v) is 12.8. The number of ether oxygens (including phenoxy) is 1. The van der Waals surface area contributed by atoms with Gasteiger partial charge in [-0.1, -0.05) is 66.2 Å². The third kappa shape index (κ3) is 5.09. The molecule has 3 heteroatoms. The van der Waals surface area contributed by atoms with E-state index < -0.39 is 6.09 Å². The molecule has 0 aliphatic heterocycles. The standard InChI is InChI=1S/C19H21NO2/c1-3-18(13-16-7-5-4-6-8-16)20-19(21)22-14-17-11-9-15(2)10-12-17/h3-12,18H,1,13-14H2,2H3,(H,20,21). The van der Waals surface area contributed by atoms with Crippen molar-refractivity contribution < 1.29 is 9.53 Å². The molecule has 0 saturated heterocycles. The molecule has 0 saturated carbocycles. The molecule has 2 aromatic carbocycles. The Morgan fingerprint density at radius 3 is 2.45 bits per heavy atom. The Bertz CT molecular complexity index is 605. The second kappa shape index (κ2) is 8.03. The van der Waals surface area contributed by atoms with Gasteiger partial charge in [-0.05, 0) is 24.5 Å². The lowest BCUT2D eigenvalue weighted by molar-refractivity contribution is 0.137. The maximum absolute atomic E-state index is 11.9. The van der Waals surface area contributed by atoms with Crippen molar-refractivity contribution in [1.82, 2.24) is 5.32 Å². The van der Waals surface area contributed by atoms with E-state index in [1.54, 1.807) is 6.08 Å². The first kappa shape index (κ1) is 15.8. The molecule has 3 nitrogen and oxygen atoms in total. The van der Waals surface area contributed by atoms with E-state index in [0.717, 1.165) is 11.1 Å². The number of aryl methyl sites for hydroxylation is 1. The van der Waals surface area contributed by atoms with Crippen molar-refractivity contribution in [2.75, 3.05) is 0 Å². The number of alkyl carbamates (subject to hydrolysis) is 1. The first-order valence-corrected chi connectivity index (χ1v) is 7.32. The first-order chi connectivity index (χ1) is 10.7. The molecule has 1 unspecified atom stereocenters. The maximum Gasteiger partial charge on any atom is 0.407 e. The van der Waals surface area contributed by atoms with Crippen molar-refractivity contribution in [3.63, 3.8) is 0 Å². The Balaban J connectivity index is 1.81. The van der Waals surface area contributed by atoms with Gasteiger partial charge in [-0.3, -0.25) is 0 Å². The van der Waals surface area contributed by atoms with Gasteiger partial charge in [0.1, 0.15) is 6.61 Å². The van der Waals surface area contributed by atoms with Gasteiger partial charge in [0, 0.05) is 0 Å². The van der Waals surface area contributed by atoms with Crippen molar-refractivity contribution in [3.05, 3.63) is 83.9 Å². The van der Waals surface area contributed by atoms with E-state index in [0.29, 0.717) is 6.42 Å². The summed E-state index contributed by atoms with van der Waals surface area (Å²) in [5.41, 5.74) is 3.30. The van der Waals surface area contributed by atoms with Crippen LogP contribution in [0.3, 0.4) is 0 Å². The smallest absolute Gasteiger partial charge is 0.407 e. The number of hydrogen-bond donors (Lipinski definition) is 1. The zero-order chi connectivity index (χ0) is 15.8. The summed E-state index contributed by atoms with van der Waals surface area (Å²) in [7, 11) is 0. The predicted octanol–water partition coefficient (Wildman–Crippen LogP) is 4.02. The second-order valence-corrected chi connectivity index (χ2v) is 5.24. The number of carbonyl (C=O) groups excluding carboxylic acids is 1. The molecule has 2 rings (SSSR count). The predicted molar refractivity (Wildman–Crippen MR) is 88.6 cm³/mol. The molecule has 114 valence electrons. The number of nitrogens with one attached hydrogen (secondary N) is 1. The Labute approximate surface area is 131 Å². The minimum Gasteiger partial charge on any atom is -0.445 e. The molecule has 0 aromatic heterocycles. The van der Waals surface area contributed by atoms with Crippen LogP contribution < -0.4 is 5.32 Å². The van der Waals surface area contributed by atoms with Crippen LogP contribution in [-0.4, -0.2) is 12.1 Å². The average Bonchev–Trinajstić information content (AvgIpc) is 2.54. The van der Waals surface area contributed by atoms with Crippen LogP contribution in [0.1, 0.15) is 16.7 Å². The number of hydrogen-bond acceptors (Lipinski definition) is 2. The van der Waals surface area contributed by atoms with Gasteiger partial charge in [-0.15, -0.1) is 6.58 Å². The summed E-state index contributed by atoms with van der Waals surface area (Å²) in [6.45, 7) is 6.06. The van der Waals surface area contributed by atoms with E-state index in [4.69, 9.17) is 4.74 Å². The highest BCUT2D eigenvalue weighted by atomic mass is 16.5. The van der Waals surface area contributed by atoms with E-state index in [2.05, 4.69) is 11.9 Å². The minimum absolute atomic E-state index is 0.145. The molecule has 1 N–H and O–H groups in total. The lowest BCUT2D eigenvalue weighted by atomic mass is 10.1. The van der Waals surface area contributed by atoms with E-state index in [1.165, 1.54) is 5.56 Å². The highest BCUT2D eigenvalue weighted by Gasteiger charge is 2.10. The second-order valence-electron chi connectivity index (χ2n) is 5.24. The summed E-state index contributed by atoms with van der Waals surface area (Å²) in [6, 6.07) is 17.7. The summed E-state index contributed by atoms with van der Waals surface area (Å²) in [5, 5.41) is 2.82. The Morgan fingerprint density at radius 2 is 1.82 bits per heavy atom. The highest BCUT2D eigenvalue weighted by molar-refractivity contribution is 5.68. The summed E-state index contributed by atoms with van der Waals surface area (Å²) in [6.07, 6.45) is 1.99. The third-order valence-corrected chi connectivity index (χ3v) is 3.38. The fraction of sp³-hybridized carbons (Fsp3) is 0.211. The number of rotatable bonds is 6. The van der Waals surface area contributed by atoms with Crippen LogP contribution in [0.25, 0.3) is 0 Å². The molecule has 0 aliphatic rings. The Hall–Kier alpha value is -2.55. The minimum atomic E-state index is -0.429. The molecule has 22 heavy (non-hydrogen) atoms. The van der Waals surface area contributed by atoms with E-state index in [9.17, 15) is 4.79 Å². The number of amides is 1. The van der Waals surface area contributed by atoms with Gasteiger partial charge in [0.2, 0.25) is 0 Å². The van der Waals surface area contributed by atoms with Crippen molar-refractivity contribution in [2.24, 2.45) is 0 Å². The molecule has 0 fully saturated rings. The van der Waals surface area contributed by atoms with Gasteiger partial charge in [0.25, 0.3) is 0 Å². The SMILES string of the molecule is C=CC(Cc1ccccc1)NC(=O)OCc1ccc(C)cc1. The van der Waals surface area contributed by atoms with Crippen molar-refractivity contribution >= 4 is 6.09 Å². The number of carbonyl (C=O) groups is 1. The van der Waals surface area contributed by atoms with Gasteiger partial charge in [0.05, 0.1) is 6.04 Å². The molecule has 0 aliphatic carbocycles.